The van der Waals surface area contributed by atoms with Gasteiger partial charge in [-0.15, -0.1) is 0 Å². The number of rotatable bonds is 9. The summed E-state index contributed by atoms with van der Waals surface area (Å²) in [7, 11) is -3.99. The zero-order valence-electron chi connectivity index (χ0n) is 18.7. The van der Waals surface area contributed by atoms with Gasteiger partial charge in [-0.05, 0) is 42.2 Å². The first kappa shape index (κ1) is 24.5. The van der Waals surface area contributed by atoms with Crippen LogP contribution >= 0.6 is 0 Å². The third-order valence-corrected chi connectivity index (χ3v) is 6.62. The van der Waals surface area contributed by atoms with E-state index in [-0.39, 0.29) is 17.4 Å². The summed E-state index contributed by atoms with van der Waals surface area (Å²) in [6.45, 7) is 4.73. The summed E-state index contributed by atoms with van der Waals surface area (Å²) in [4.78, 5) is 24.1. The van der Waals surface area contributed by atoms with E-state index in [4.69, 9.17) is 15.2 Å². The van der Waals surface area contributed by atoms with Gasteiger partial charge in [0.15, 0.2) is 11.5 Å². The molecule has 10 heteroatoms. The van der Waals surface area contributed by atoms with Gasteiger partial charge in [-0.2, -0.15) is 4.72 Å². The van der Waals surface area contributed by atoms with Crippen molar-refractivity contribution in [1.82, 2.24) is 10.0 Å². The standard InChI is InChI=1S/C23H29N3O6S/c1-15(2)21(23(28)25-10-9-16-5-3-6-17(13-16)22(24)27)26-33(29,30)18-7-8-19-20(14-18)32-12-4-11-31-19/h3,5-8,13-15,21,26H,4,9-12H2,1-2H3,(H2,24,27)(H,25,28). The molecule has 0 fully saturated rings. The SMILES string of the molecule is CC(C)C(NS(=O)(=O)c1ccc2c(c1)OCCCO2)C(=O)NCCc1cccc(C(N)=O)c1. The zero-order valence-corrected chi connectivity index (χ0v) is 19.5. The zero-order chi connectivity index (χ0) is 24.0. The van der Waals surface area contributed by atoms with E-state index in [0.717, 1.165) is 5.56 Å². The average molecular weight is 476 g/mol. The fourth-order valence-corrected chi connectivity index (χ4v) is 4.72. The van der Waals surface area contributed by atoms with E-state index in [9.17, 15) is 18.0 Å². The Hall–Kier alpha value is -3.11. The molecule has 2 aromatic rings. The summed E-state index contributed by atoms with van der Waals surface area (Å²) >= 11 is 0. The Morgan fingerprint density at radius 1 is 1.06 bits per heavy atom. The second kappa shape index (κ2) is 10.7. The summed E-state index contributed by atoms with van der Waals surface area (Å²) in [5, 5.41) is 2.77. The van der Waals surface area contributed by atoms with E-state index < -0.39 is 27.9 Å². The number of fused-ring (bicyclic) bond motifs is 1. The van der Waals surface area contributed by atoms with Gasteiger partial charge < -0.3 is 20.5 Å². The van der Waals surface area contributed by atoms with E-state index in [0.29, 0.717) is 43.1 Å². The van der Waals surface area contributed by atoms with Gasteiger partial charge in [0.2, 0.25) is 21.8 Å². The molecule has 0 bridgehead atoms. The number of amides is 2. The lowest BCUT2D eigenvalue weighted by Crippen LogP contribution is -2.49. The van der Waals surface area contributed by atoms with Crippen molar-refractivity contribution in [1.29, 1.82) is 0 Å². The number of primary amides is 1. The molecule has 2 aromatic carbocycles. The maximum Gasteiger partial charge on any atom is 0.248 e. The van der Waals surface area contributed by atoms with Crippen LogP contribution in [-0.2, 0) is 21.2 Å². The Morgan fingerprint density at radius 2 is 1.79 bits per heavy atom. The Kier molecular flexibility index (Phi) is 7.93. The lowest BCUT2D eigenvalue weighted by Gasteiger charge is -2.22. The number of hydrogen-bond donors (Lipinski definition) is 3. The van der Waals surface area contributed by atoms with E-state index in [2.05, 4.69) is 10.0 Å². The van der Waals surface area contributed by atoms with Crippen molar-refractivity contribution < 1.29 is 27.5 Å². The summed E-state index contributed by atoms with van der Waals surface area (Å²) in [5.41, 5.74) is 6.52. The number of carbonyl (C=O) groups excluding carboxylic acids is 2. The van der Waals surface area contributed by atoms with Crippen molar-refractivity contribution in [3.05, 3.63) is 53.6 Å². The third-order valence-electron chi connectivity index (χ3n) is 5.18. The molecular formula is C23H29N3O6S. The molecule has 0 saturated heterocycles. The van der Waals surface area contributed by atoms with Gasteiger partial charge in [0, 0.05) is 24.6 Å². The van der Waals surface area contributed by atoms with Crippen LogP contribution in [0.3, 0.4) is 0 Å². The van der Waals surface area contributed by atoms with Gasteiger partial charge in [-0.1, -0.05) is 26.0 Å². The molecule has 0 saturated carbocycles. The Morgan fingerprint density at radius 3 is 2.48 bits per heavy atom. The van der Waals surface area contributed by atoms with Gasteiger partial charge in [-0.3, -0.25) is 9.59 Å². The first-order chi connectivity index (χ1) is 15.7. The lowest BCUT2D eigenvalue weighted by atomic mass is 10.0. The van der Waals surface area contributed by atoms with Gasteiger partial charge in [-0.25, -0.2) is 8.42 Å². The Balaban J connectivity index is 1.65. The maximum absolute atomic E-state index is 13.0. The minimum atomic E-state index is -3.99. The predicted molar refractivity (Wildman–Crippen MR) is 123 cm³/mol. The largest absolute Gasteiger partial charge is 0.490 e. The lowest BCUT2D eigenvalue weighted by molar-refractivity contribution is -0.123. The molecule has 1 heterocycles. The predicted octanol–water partition coefficient (Wildman–Crippen LogP) is 1.61. The molecule has 1 atom stereocenters. The molecule has 2 amide bonds. The minimum absolute atomic E-state index is 0.00605. The fraction of sp³-hybridized carbons (Fsp3) is 0.391. The fourth-order valence-electron chi connectivity index (χ4n) is 3.36. The highest BCUT2D eigenvalue weighted by atomic mass is 32.2. The van der Waals surface area contributed by atoms with Crippen LogP contribution < -0.4 is 25.2 Å². The second-order valence-corrected chi connectivity index (χ2v) is 9.82. The van der Waals surface area contributed by atoms with Crippen molar-refractivity contribution in [3.8, 4) is 11.5 Å². The molecule has 0 aromatic heterocycles. The molecular weight excluding hydrogens is 446 g/mol. The first-order valence-corrected chi connectivity index (χ1v) is 12.2. The van der Waals surface area contributed by atoms with Crippen LogP contribution in [0.25, 0.3) is 0 Å². The van der Waals surface area contributed by atoms with E-state index in [1.54, 1.807) is 38.1 Å². The van der Waals surface area contributed by atoms with Crippen LogP contribution in [0, 0.1) is 5.92 Å². The third kappa shape index (κ3) is 6.45. The summed E-state index contributed by atoms with van der Waals surface area (Å²) in [6.07, 6.45) is 1.17. The smallest absolute Gasteiger partial charge is 0.248 e. The molecule has 0 radical (unpaired) electrons. The highest BCUT2D eigenvalue weighted by Gasteiger charge is 2.29. The van der Waals surface area contributed by atoms with E-state index in [1.807, 2.05) is 6.07 Å². The van der Waals surface area contributed by atoms with Crippen LogP contribution in [0.1, 0.15) is 36.2 Å². The molecule has 0 aliphatic carbocycles. The van der Waals surface area contributed by atoms with Crippen LogP contribution in [0.2, 0.25) is 0 Å². The monoisotopic (exact) mass is 475 g/mol. The van der Waals surface area contributed by atoms with Crippen molar-refractivity contribution in [2.75, 3.05) is 19.8 Å². The number of benzene rings is 2. The number of sulfonamides is 1. The molecule has 9 nitrogen and oxygen atoms in total. The van der Waals surface area contributed by atoms with Crippen molar-refractivity contribution in [2.24, 2.45) is 11.7 Å². The topological polar surface area (TPSA) is 137 Å². The summed E-state index contributed by atoms with van der Waals surface area (Å²) in [5.74, 6) is -0.401. The van der Waals surface area contributed by atoms with Crippen LogP contribution in [-0.4, -0.2) is 46.0 Å². The molecule has 33 heavy (non-hydrogen) atoms. The first-order valence-electron chi connectivity index (χ1n) is 10.8. The highest BCUT2D eigenvalue weighted by molar-refractivity contribution is 7.89. The van der Waals surface area contributed by atoms with Gasteiger partial charge in [0.05, 0.1) is 18.1 Å². The molecule has 1 unspecified atom stereocenters. The van der Waals surface area contributed by atoms with Crippen molar-refractivity contribution in [2.45, 2.75) is 37.6 Å². The van der Waals surface area contributed by atoms with Gasteiger partial charge >= 0.3 is 0 Å². The summed E-state index contributed by atoms with van der Waals surface area (Å²) in [6, 6.07) is 10.3. The number of hydrogen-bond acceptors (Lipinski definition) is 6. The van der Waals surface area contributed by atoms with Crippen molar-refractivity contribution in [3.63, 3.8) is 0 Å². The van der Waals surface area contributed by atoms with Crippen LogP contribution in [0.15, 0.2) is 47.4 Å². The molecule has 1 aliphatic heterocycles. The normalized spacial score (nSPS) is 14.4. The van der Waals surface area contributed by atoms with Crippen LogP contribution in [0.5, 0.6) is 11.5 Å². The van der Waals surface area contributed by atoms with Gasteiger partial charge in [0.1, 0.15) is 6.04 Å². The van der Waals surface area contributed by atoms with Gasteiger partial charge in [0.25, 0.3) is 0 Å². The number of carbonyl (C=O) groups is 2. The molecule has 0 spiro atoms. The number of nitrogens with two attached hydrogens (primary N) is 1. The molecule has 4 N–H and O–H groups in total. The summed E-state index contributed by atoms with van der Waals surface area (Å²) < 4.78 is 39.6. The highest BCUT2D eigenvalue weighted by Crippen LogP contribution is 2.32. The molecule has 178 valence electrons. The Labute approximate surface area is 193 Å². The van der Waals surface area contributed by atoms with E-state index in [1.165, 1.54) is 12.1 Å². The minimum Gasteiger partial charge on any atom is -0.490 e. The number of ether oxygens (including phenoxy) is 2. The second-order valence-electron chi connectivity index (χ2n) is 8.11. The number of nitrogens with one attached hydrogen (secondary N) is 2. The Bertz CT molecular complexity index is 1120. The average Bonchev–Trinajstić information content (AvgIpc) is 3.02. The van der Waals surface area contributed by atoms with E-state index >= 15 is 0 Å². The van der Waals surface area contributed by atoms with Crippen molar-refractivity contribution >= 4 is 21.8 Å². The molecule has 3 rings (SSSR count). The maximum atomic E-state index is 13.0. The van der Waals surface area contributed by atoms with Crippen LogP contribution in [0.4, 0.5) is 0 Å². The quantitative estimate of drug-likeness (QED) is 0.504. The molecule has 1 aliphatic rings.